The lowest BCUT2D eigenvalue weighted by Gasteiger charge is -2.11. The van der Waals surface area contributed by atoms with Crippen LogP contribution in [0.4, 0.5) is 0 Å². The lowest BCUT2D eigenvalue weighted by Crippen LogP contribution is -2.25. The van der Waals surface area contributed by atoms with Crippen LogP contribution in [0, 0.1) is 0 Å². The zero-order valence-corrected chi connectivity index (χ0v) is 10.1. The van der Waals surface area contributed by atoms with E-state index in [0.717, 1.165) is 25.9 Å². The van der Waals surface area contributed by atoms with Crippen molar-refractivity contribution in [2.45, 2.75) is 31.4 Å². The second-order valence-corrected chi connectivity index (χ2v) is 4.73. The number of nitrogens with one attached hydrogen (secondary N) is 1. The summed E-state index contributed by atoms with van der Waals surface area (Å²) in [7, 11) is 0. The molecule has 0 bridgehead atoms. The minimum atomic E-state index is -0.0487. The number of amides is 1. The summed E-state index contributed by atoms with van der Waals surface area (Å²) < 4.78 is 10.9. The molecule has 1 aliphatic carbocycles. The fraction of sp³-hybridized carbons (Fsp3) is 0.538. The van der Waals surface area contributed by atoms with E-state index in [1.807, 2.05) is 0 Å². The summed E-state index contributed by atoms with van der Waals surface area (Å²) in [5.74, 6) is 0.446. The van der Waals surface area contributed by atoms with Crippen LogP contribution >= 0.6 is 0 Å². The minimum absolute atomic E-state index is 0.0487. The summed E-state index contributed by atoms with van der Waals surface area (Å²) in [6.07, 6.45) is 4.70. The minimum Gasteiger partial charge on any atom is -0.472 e. The molecule has 1 aliphatic heterocycles. The van der Waals surface area contributed by atoms with Gasteiger partial charge >= 0.3 is 0 Å². The van der Waals surface area contributed by atoms with Gasteiger partial charge in [0.25, 0.3) is 5.91 Å². The van der Waals surface area contributed by atoms with Crippen molar-refractivity contribution >= 4 is 5.91 Å². The van der Waals surface area contributed by atoms with Crippen molar-refractivity contribution in [3.05, 3.63) is 23.9 Å². The molecular formula is C13H16N2O3. The molecule has 0 radical (unpaired) electrons. The number of carbonyl (C=O) groups excluding carboxylic acids is 1. The monoisotopic (exact) mass is 248 g/mol. The van der Waals surface area contributed by atoms with Gasteiger partial charge in [0, 0.05) is 30.3 Å². The molecule has 1 saturated carbocycles. The highest BCUT2D eigenvalue weighted by Crippen LogP contribution is 2.20. The first-order chi connectivity index (χ1) is 8.81. The molecule has 1 amide bonds. The fourth-order valence-electron chi connectivity index (χ4n) is 1.89. The van der Waals surface area contributed by atoms with Crippen molar-refractivity contribution in [3.8, 4) is 5.88 Å². The molecule has 1 N–H and O–H groups in total. The summed E-state index contributed by atoms with van der Waals surface area (Å²) in [5, 5.41) is 2.94. The average molecular weight is 248 g/mol. The second kappa shape index (κ2) is 4.94. The van der Waals surface area contributed by atoms with Crippen molar-refractivity contribution in [2.24, 2.45) is 0 Å². The van der Waals surface area contributed by atoms with Crippen molar-refractivity contribution in [2.75, 3.05) is 13.2 Å². The third kappa shape index (κ3) is 2.79. The van der Waals surface area contributed by atoms with Crippen molar-refractivity contribution < 1.29 is 14.3 Å². The first kappa shape index (κ1) is 11.5. The van der Waals surface area contributed by atoms with E-state index in [0.29, 0.717) is 24.1 Å². The first-order valence-corrected chi connectivity index (χ1v) is 6.32. The highest BCUT2D eigenvalue weighted by Gasteiger charge is 2.24. The van der Waals surface area contributed by atoms with E-state index in [9.17, 15) is 4.79 Å². The largest absolute Gasteiger partial charge is 0.472 e. The Morgan fingerprint density at radius 1 is 1.44 bits per heavy atom. The number of hydrogen-bond donors (Lipinski definition) is 1. The van der Waals surface area contributed by atoms with Crippen LogP contribution < -0.4 is 10.1 Å². The molecule has 1 atom stereocenters. The molecule has 1 aromatic heterocycles. The molecule has 0 spiro atoms. The maximum absolute atomic E-state index is 11.9. The highest BCUT2D eigenvalue weighted by atomic mass is 16.5. The number of hydrogen-bond acceptors (Lipinski definition) is 4. The normalized spacial score (nSPS) is 22.8. The Kier molecular flexibility index (Phi) is 3.15. The van der Waals surface area contributed by atoms with Crippen LogP contribution in [0.2, 0.25) is 0 Å². The molecule has 1 saturated heterocycles. The van der Waals surface area contributed by atoms with Crippen LogP contribution in [0.5, 0.6) is 5.88 Å². The van der Waals surface area contributed by atoms with E-state index in [-0.39, 0.29) is 12.0 Å². The molecular weight excluding hydrogens is 232 g/mol. The Labute approximate surface area is 105 Å². The SMILES string of the molecule is O=C(NC1CC1)c1ccnc(OC2CCOC2)c1. The van der Waals surface area contributed by atoms with Gasteiger partial charge < -0.3 is 14.8 Å². The van der Waals surface area contributed by atoms with E-state index in [4.69, 9.17) is 9.47 Å². The molecule has 2 aliphatic rings. The van der Waals surface area contributed by atoms with E-state index in [1.165, 1.54) is 0 Å². The molecule has 1 unspecified atom stereocenters. The number of carbonyl (C=O) groups is 1. The number of pyridine rings is 1. The lowest BCUT2D eigenvalue weighted by atomic mass is 10.2. The van der Waals surface area contributed by atoms with E-state index in [1.54, 1.807) is 18.3 Å². The Morgan fingerprint density at radius 2 is 2.33 bits per heavy atom. The molecule has 5 heteroatoms. The van der Waals surface area contributed by atoms with Crippen LogP contribution in [0.25, 0.3) is 0 Å². The van der Waals surface area contributed by atoms with Crippen LogP contribution in [0.3, 0.4) is 0 Å². The third-order valence-corrected chi connectivity index (χ3v) is 3.08. The van der Waals surface area contributed by atoms with E-state index < -0.39 is 0 Å². The van der Waals surface area contributed by atoms with Crippen molar-refractivity contribution in [3.63, 3.8) is 0 Å². The van der Waals surface area contributed by atoms with Gasteiger partial charge in [0.2, 0.25) is 5.88 Å². The van der Waals surface area contributed by atoms with Gasteiger partial charge in [-0.2, -0.15) is 0 Å². The van der Waals surface area contributed by atoms with Crippen LogP contribution in [-0.4, -0.2) is 36.3 Å². The van der Waals surface area contributed by atoms with Gasteiger partial charge in [-0.15, -0.1) is 0 Å². The third-order valence-electron chi connectivity index (χ3n) is 3.08. The number of aromatic nitrogens is 1. The van der Waals surface area contributed by atoms with Crippen LogP contribution in [0.15, 0.2) is 18.3 Å². The zero-order valence-electron chi connectivity index (χ0n) is 10.1. The highest BCUT2D eigenvalue weighted by molar-refractivity contribution is 5.94. The van der Waals surface area contributed by atoms with Crippen LogP contribution in [-0.2, 0) is 4.74 Å². The standard InChI is InChI=1S/C13H16N2O3/c16-13(15-10-1-2-10)9-3-5-14-12(7-9)18-11-4-6-17-8-11/h3,5,7,10-11H,1-2,4,6,8H2,(H,15,16). The molecule has 2 heterocycles. The molecule has 5 nitrogen and oxygen atoms in total. The first-order valence-electron chi connectivity index (χ1n) is 6.32. The van der Waals surface area contributed by atoms with Gasteiger partial charge in [-0.1, -0.05) is 0 Å². The summed E-state index contributed by atoms with van der Waals surface area (Å²) in [6.45, 7) is 1.33. The molecule has 1 aromatic rings. The Balaban J connectivity index is 1.65. The van der Waals surface area contributed by atoms with Gasteiger partial charge in [-0.25, -0.2) is 4.98 Å². The smallest absolute Gasteiger partial charge is 0.251 e. The van der Waals surface area contributed by atoms with Gasteiger partial charge in [0.15, 0.2) is 0 Å². The van der Waals surface area contributed by atoms with Gasteiger partial charge in [0.05, 0.1) is 13.2 Å². The summed E-state index contributed by atoms with van der Waals surface area (Å²) in [4.78, 5) is 16.0. The predicted octanol–water partition coefficient (Wildman–Crippen LogP) is 1.14. The topological polar surface area (TPSA) is 60.5 Å². The van der Waals surface area contributed by atoms with Crippen molar-refractivity contribution in [1.29, 1.82) is 0 Å². The Hall–Kier alpha value is -1.62. The zero-order chi connectivity index (χ0) is 12.4. The summed E-state index contributed by atoms with van der Waals surface area (Å²) in [5.41, 5.74) is 0.603. The lowest BCUT2D eigenvalue weighted by molar-refractivity contribution is 0.0949. The number of ether oxygens (including phenoxy) is 2. The Bertz CT molecular complexity index is 440. The van der Waals surface area contributed by atoms with Gasteiger partial charge in [-0.05, 0) is 18.9 Å². The molecule has 3 rings (SSSR count). The van der Waals surface area contributed by atoms with E-state index >= 15 is 0 Å². The Morgan fingerprint density at radius 3 is 3.06 bits per heavy atom. The summed E-state index contributed by atoms with van der Waals surface area (Å²) >= 11 is 0. The number of nitrogens with zero attached hydrogens (tertiary/aromatic N) is 1. The molecule has 0 aromatic carbocycles. The second-order valence-electron chi connectivity index (χ2n) is 4.73. The number of rotatable bonds is 4. The average Bonchev–Trinajstić information content (AvgIpc) is 3.04. The van der Waals surface area contributed by atoms with Gasteiger partial charge in [0.1, 0.15) is 6.10 Å². The van der Waals surface area contributed by atoms with E-state index in [2.05, 4.69) is 10.3 Å². The maximum Gasteiger partial charge on any atom is 0.251 e. The predicted molar refractivity (Wildman–Crippen MR) is 64.6 cm³/mol. The van der Waals surface area contributed by atoms with Crippen molar-refractivity contribution in [1.82, 2.24) is 10.3 Å². The molecule has 18 heavy (non-hydrogen) atoms. The van der Waals surface area contributed by atoms with Crippen LogP contribution in [0.1, 0.15) is 29.6 Å². The quantitative estimate of drug-likeness (QED) is 0.868. The van der Waals surface area contributed by atoms with Gasteiger partial charge in [-0.3, -0.25) is 4.79 Å². The summed E-state index contributed by atoms with van der Waals surface area (Å²) in [6, 6.07) is 3.75. The maximum atomic E-state index is 11.9. The molecule has 96 valence electrons. The fourth-order valence-corrected chi connectivity index (χ4v) is 1.89. The molecule has 2 fully saturated rings.